The average Bonchev–Trinajstić information content (AvgIpc) is 2.81. The number of aliphatic imine (C=N–C) groups is 1. The number of amides is 1. The van der Waals surface area contributed by atoms with Crippen LogP contribution in [-0.2, 0) is 11.2 Å². The van der Waals surface area contributed by atoms with Crippen molar-refractivity contribution < 1.29 is 13.6 Å². The second-order valence-corrected chi connectivity index (χ2v) is 7.32. The van der Waals surface area contributed by atoms with Gasteiger partial charge in [-0.2, -0.15) is 0 Å². The fraction of sp³-hybridized carbons (Fsp3) is 0.333. The number of halogens is 3. The molecule has 0 fully saturated rings. The lowest BCUT2D eigenvalue weighted by atomic mass is 10.1. The first-order valence-electron chi connectivity index (χ1n) is 9.12. The molecule has 1 aromatic rings. The monoisotopic (exact) mass is 405 g/mol. The van der Waals surface area contributed by atoms with Crippen molar-refractivity contribution in [3.8, 4) is 0 Å². The van der Waals surface area contributed by atoms with Crippen LogP contribution in [0.25, 0.3) is 0 Å². The highest BCUT2D eigenvalue weighted by molar-refractivity contribution is 6.30. The highest BCUT2D eigenvalue weighted by Gasteiger charge is 2.30. The van der Waals surface area contributed by atoms with Crippen molar-refractivity contribution in [2.75, 3.05) is 13.1 Å². The Bertz CT molecular complexity index is 885. The summed E-state index contributed by atoms with van der Waals surface area (Å²) in [4.78, 5) is 18.7. The van der Waals surface area contributed by atoms with Crippen LogP contribution in [0.1, 0.15) is 25.8 Å². The number of benzene rings is 1. The van der Waals surface area contributed by atoms with Gasteiger partial charge >= 0.3 is 0 Å². The van der Waals surface area contributed by atoms with Crippen LogP contribution >= 0.6 is 11.6 Å². The molecule has 7 heteroatoms. The largest absolute Gasteiger partial charge is 0.352 e. The second kappa shape index (κ2) is 8.69. The van der Waals surface area contributed by atoms with Crippen LogP contribution in [0.5, 0.6) is 0 Å². The van der Waals surface area contributed by atoms with Gasteiger partial charge in [0.05, 0.1) is 11.3 Å². The van der Waals surface area contributed by atoms with Gasteiger partial charge in [0.25, 0.3) is 12.3 Å². The maximum atomic E-state index is 13.5. The molecule has 0 unspecified atom stereocenters. The Hall–Kier alpha value is -2.47. The Balaban J connectivity index is 1.81. The Labute approximate surface area is 168 Å². The van der Waals surface area contributed by atoms with E-state index in [0.29, 0.717) is 42.2 Å². The number of nitrogens with one attached hydrogen (secondary N) is 1. The van der Waals surface area contributed by atoms with E-state index in [1.54, 1.807) is 25.1 Å². The molecular weight excluding hydrogens is 384 g/mol. The summed E-state index contributed by atoms with van der Waals surface area (Å²) in [6.45, 7) is 4.34. The van der Waals surface area contributed by atoms with Crippen molar-refractivity contribution in [1.82, 2.24) is 10.2 Å². The fourth-order valence-electron chi connectivity index (χ4n) is 3.20. The van der Waals surface area contributed by atoms with E-state index in [2.05, 4.69) is 10.3 Å². The molecule has 2 aliphatic heterocycles. The highest BCUT2D eigenvalue weighted by atomic mass is 35.5. The molecule has 148 valence electrons. The van der Waals surface area contributed by atoms with Gasteiger partial charge in [-0.3, -0.25) is 4.79 Å². The third-order valence-corrected chi connectivity index (χ3v) is 4.90. The normalized spacial score (nSPS) is 16.9. The van der Waals surface area contributed by atoms with Crippen molar-refractivity contribution in [1.29, 1.82) is 0 Å². The number of hydrogen-bond donors (Lipinski definition) is 1. The van der Waals surface area contributed by atoms with Gasteiger partial charge in [-0.25, -0.2) is 13.8 Å². The first-order chi connectivity index (χ1) is 13.3. The van der Waals surface area contributed by atoms with Crippen LogP contribution in [0.4, 0.5) is 8.78 Å². The first kappa shape index (κ1) is 20.3. The number of fused-ring (bicyclic) bond motifs is 1. The van der Waals surface area contributed by atoms with Crippen LogP contribution in [-0.4, -0.2) is 36.0 Å². The van der Waals surface area contributed by atoms with E-state index >= 15 is 0 Å². The molecule has 0 aromatic heterocycles. The van der Waals surface area contributed by atoms with Gasteiger partial charge in [0.15, 0.2) is 0 Å². The summed E-state index contributed by atoms with van der Waals surface area (Å²) >= 11 is 5.88. The van der Waals surface area contributed by atoms with Crippen LogP contribution in [0.15, 0.2) is 64.1 Å². The highest BCUT2D eigenvalue weighted by Crippen LogP contribution is 2.31. The van der Waals surface area contributed by atoms with E-state index in [0.717, 1.165) is 11.1 Å². The number of alkyl halides is 2. The summed E-state index contributed by atoms with van der Waals surface area (Å²) < 4.78 is 27.1. The summed E-state index contributed by atoms with van der Waals surface area (Å²) in [5, 5.41) is 3.54. The summed E-state index contributed by atoms with van der Waals surface area (Å²) in [7, 11) is 0. The summed E-state index contributed by atoms with van der Waals surface area (Å²) in [5.41, 5.74) is 2.66. The molecule has 4 nitrogen and oxygen atoms in total. The number of allylic oxidation sites excluding steroid dienone is 2. The smallest absolute Gasteiger partial charge is 0.278 e. The molecule has 1 amide bonds. The Morgan fingerprint density at radius 2 is 1.96 bits per heavy atom. The SMILES string of the molecule is CC1=CC(C(=O)NCCc2ccc(Cl)cc2)=C2N=C(C)C=C(C(F)F)N2CC1. The molecule has 0 spiro atoms. The zero-order valence-electron chi connectivity index (χ0n) is 15.8. The molecule has 0 atom stereocenters. The van der Waals surface area contributed by atoms with Gasteiger partial charge in [-0.15, -0.1) is 0 Å². The van der Waals surface area contributed by atoms with Gasteiger partial charge in [0.2, 0.25) is 0 Å². The maximum Gasteiger partial charge on any atom is 0.278 e. The lowest BCUT2D eigenvalue weighted by Gasteiger charge is -2.30. The molecule has 28 heavy (non-hydrogen) atoms. The summed E-state index contributed by atoms with van der Waals surface area (Å²) in [6.07, 6.45) is 1.72. The molecule has 2 aliphatic rings. The Morgan fingerprint density at radius 1 is 1.25 bits per heavy atom. The van der Waals surface area contributed by atoms with Crippen molar-refractivity contribution >= 4 is 23.2 Å². The fourth-order valence-corrected chi connectivity index (χ4v) is 3.33. The van der Waals surface area contributed by atoms with Crippen LogP contribution in [0.3, 0.4) is 0 Å². The van der Waals surface area contributed by atoms with Gasteiger partial charge in [0, 0.05) is 23.8 Å². The molecule has 0 bridgehead atoms. The standard InChI is InChI=1S/C21H22ClF2N3O/c1-13-8-10-27-18(19(23)24)12-14(2)26-20(27)17(11-13)21(28)25-9-7-15-3-5-16(22)6-4-15/h3-6,11-12,19H,7-10H2,1-2H3,(H,25,28). The first-order valence-corrected chi connectivity index (χ1v) is 9.49. The van der Waals surface area contributed by atoms with Gasteiger partial charge in [-0.1, -0.05) is 29.3 Å². The molecule has 1 aromatic carbocycles. The zero-order valence-corrected chi connectivity index (χ0v) is 16.6. The third-order valence-electron chi connectivity index (χ3n) is 4.65. The van der Waals surface area contributed by atoms with Crippen LogP contribution in [0.2, 0.25) is 5.02 Å². The van der Waals surface area contributed by atoms with Gasteiger partial charge in [0.1, 0.15) is 5.82 Å². The zero-order chi connectivity index (χ0) is 20.3. The van der Waals surface area contributed by atoms with Crippen LogP contribution < -0.4 is 5.32 Å². The number of hydrogen-bond acceptors (Lipinski definition) is 3. The second-order valence-electron chi connectivity index (χ2n) is 6.89. The van der Waals surface area contributed by atoms with Crippen LogP contribution in [0, 0.1) is 0 Å². The van der Waals surface area contributed by atoms with Crippen molar-refractivity contribution in [3.63, 3.8) is 0 Å². The minimum atomic E-state index is -2.63. The quantitative estimate of drug-likeness (QED) is 0.784. The average molecular weight is 406 g/mol. The molecule has 1 N–H and O–H groups in total. The summed E-state index contributed by atoms with van der Waals surface area (Å²) in [5.74, 6) is -0.0292. The number of nitrogens with zero attached hydrogens (tertiary/aromatic N) is 2. The molecule has 0 saturated carbocycles. The van der Waals surface area contributed by atoms with Crippen molar-refractivity contribution in [2.24, 2.45) is 4.99 Å². The van der Waals surface area contributed by atoms with E-state index in [-0.39, 0.29) is 17.4 Å². The number of carbonyl (C=O) groups excluding carboxylic acids is 1. The van der Waals surface area contributed by atoms with E-state index in [1.807, 2.05) is 19.1 Å². The number of carbonyl (C=O) groups is 1. The minimum Gasteiger partial charge on any atom is -0.352 e. The predicted molar refractivity (Wildman–Crippen MR) is 107 cm³/mol. The lowest BCUT2D eigenvalue weighted by molar-refractivity contribution is -0.117. The lowest BCUT2D eigenvalue weighted by Crippen LogP contribution is -2.33. The topological polar surface area (TPSA) is 44.7 Å². The Morgan fingerprint density at radius 3 is 2.64 bits per heavy atom. The van der Waals surface area contributed by atoms with Gasteiger partial charge < -0.3 is 10.2 Å². The summed E-state index contributed by atoms with van der Waals surface area (Å²) in [6, 6.07) is 7.41. The molecule has 2 heterocycles. The third kappa shape index (κ3) is 4.68. The minimum absolute atomic E-state index is 0.114. The number of rotatable bonds is 5. The van der Waals surface area contributed by atoms with Gasteiger partial charge in [-0.05, 0) is 56.5 Å². The van der Waals surface area contributed by atoms with Crippen molar-refractivity contribution in [2.45, 2.75) is 33.1 Å². The molecular formula is C21H22ClF2N3O. The van der Waals surface area contributed by atoms with Crippen molar-refractivity contribution in [3.05, 3.63) is 69.7 Å². The maximum absolute atomic E-state index is 13.5. The van der Waals surface area contributed by atoms with E-state index in [9.17, 15) is 13.6 Å². The van der Waals surface area contributed by atoms with E-state index in [4.69, 9.17) is 11.6 Å². The predicted octanol–water partition coefficient (Wildman–Crippen LogP) is 4.49. The van der Waals surface area contributed by atoms with E-state index < -0.39 is 6.43 Å². The Kier molecular flexibility index (Phi) is 6.29. The molecule has 0 saturated heterocycles. The molecule has 0 radical (unpaired) electrons. The molecule has 0 aliphatic carbocycles. The molecule has 3 rings (SSSR count). The van der Waals surface area contributed by atoms with E-state index in [1.165, 1.54) is 11.0 Å².